The summed E-state index contributed by atoms with van der Waals surface area (Å²) in [7, 11) is 1.65. The van der Waals surface area contributed by atoms with Crippen molar-refractivity contribution < 1.29 is 9.47 Å². The van der Waals surface area contributed by atoms with Crippen LogP contribution in [0.2, 0.25) is 0 Å². The molecule has 0 radical (unpaired) electrons. The van der Waals surface area contributed by atoms with Gasteiger partial charge in [0.05, 0.1) is 24.0 Å². The van der Waals surface area contributed by atoms with Crippen LogP contribution in [-0.2, 0) is 6.61 Å². The summed E-state index contributed by atoms with van der Waals surface area (Å²) in [4.78, 5) is 0. The largest absolute Gasteiger partial charge is 0.497 e. The molecule has 23 heavy (non-hydrogen) atoms. The Morgan fingerprint density at radius 2 is 1.78 bits per heavy atom. The lowest BCUT2D eigenvalue weighted by molar-refractivity contribution is 0.291. The highest BCUT2D eigenvalue weighted by Gasteiger charge is 2.14. The Bertz CT molecular complexity index is 821. The van der Waals surface area contributed by atoms with Crippen molar-refractivity contribution in [2.75, 3.05) is 12.8 Å². The van der Waals surface area contributed by atoms with Crippen LogP contribution < -0.4 is 15.2 Å². The van der Waals surface area contributed by atoms with Gasteiger partial charge in [-0.15, -0.1) is 0 Å². The molecule has 1 aromatic heterocycles. The molecule has 0 aliphatic rings. The van der Waals surface area contributed by atoms with E-state index in [2.05, 4.69) is 30.5 Å². The van der Waals surface area contributed by atoms with Crippen LogP contribution in [0.4, 0.5) is 5.69 Å². The van der Waals surface area contributed by atoms with Crippen LogP contribution in [-0.4, -0.2) is 11.7 Å². The van der Waals surface area contributed by atoms with Crippen LogP contribution in [0.25, 0.3) is 10.9 Å². The summed E-state index contributed by atoms with van der Waals surface area (Å²) >= 11 is 0. The number of methoxy groups -OCH3 is 1. The van der Waals surface area contributed by atoms with Crippen LogP contribution in [0.5, 0.6) is 11.5 Å². The van der Waals surface area contributed by atoms with Gasteiger partial charge in [0.15, 0.2) is 0 Å². The van der Waals surface area contributed by atoms with Gasteiger partial charge in [-0.2, -0.15) is 0 Å². The first kappa shape index (κ1) is 15.3. The number of hydrogen-bond donors (Lipinski definition) is 1. The molecule has 3 rings (SSSR count). The van der Waals surface area contributed by atoms with E-state index in [0.29, 0.717) is 12.6 Å². The third-order valence-electron chi connectivity index (χ3n) is 3.92. The summed E-state index contributed by atoms with van der Waals surface area (Å²) in [6.07, 6.45) is 0. The maximum Gasteiger partial charge on any atom is 0.128 e. The molecule has 0 saturated carbocycles. The lowest BCUT2D eigenvalue weighted by Gasteiger charge is -2.16. The number of rotatable bonds is 5. The molecular weight excluding hydrogens is 288 g/mol. The summed E-state index contributed by atoms with van der Waals surface area (Å²) in [5.41, 5.74) is 9.15. The molecule has 0 amide bonds. The molecule has 120 valence electrons. The van der Waals surface area contributed by atoms with E-state index in [9.17, 15) is 0 Å². The zero-order valence-corrected chi connectivity index (χ0v) is 13.7. The number of nitrogens with zero attached hydrogens (tertiary/aromatic N) is 1. The average molecular weight is 310 g/mol. The van der Waals surface area contributed by atoms with Crippen molar-refractivity contribution in [1.82, 2.24) is 4.57 Å². The van der Waals surface area contributed by atoms with Crippen molar-refractivity contribution in [3.8, 4) is 11.5 Å². The van der Waals surface area contributed by atoms with E-state index < -0.39 is 0 Å². The summed E-state index contributed by atoms with van der Waals surface area (Å²) in [5, 5.41) is 1.14. The van der Waals surface area contributed by atoms with Gasteiger partial charge in [-0.3, -0.25) is 0 Å². The van der Waals surface area contributed by atoms with E-state index in [1.807, 2.05) is 36.4 Å². The fourth-order valence-electron chi connectivity index (χ4n) is 2.92. The highest BCUT2D eigenvalue weighted by molar-refractivity contribution is 5.91. The third kappa shape index (κ3) is 2.97. The summed E-state index contributed by atoms with van der Waals surface area (Å²) in [6, 6.07) is 16.1. The molecule has 2 N–H and O–H groups in total. The van der Waals surface area contributed by atoms with Gasteiger partial charge in [0.2, 0.25) is 0 Å². The highest BCUT2D eigenvalue weighted by atomic mass is 16.5. The van der Waals surface area contributed by atoms with Crippen LogP contribution in [0.1, 0.15) is 25.6 Å². The van der Waals surface area contributed by atoms with Gasteiger partial charge < -0.3 is 19.8 Å². The molecule has 3 aromatic rings. The Morgan fingerprint density at radius 1 is 1.04 bits per heavy atom. The van der Waals surface area contributed by atoms with Gasteiger partial charge in [-0.1, -0.05) is 18.2 Å². The summed E-state index contributed by atoms with van der Waals surface area (Å²) < 4.78 is 13.4. The van der Waals surface area contributed by atoms with E-state index >= 15 is 0 Å². The number of benzene rings is 2. The first-order chi connectivity index (χ1) is 11.1. The number of nitrogens with two attached hydrogens (primary N) is 1. The normalized spacial score (nSPS) is 11.1. The fourth-order valence-corrected chi connectivity index (χ4v) is 2.92. The van der Waals surface area contributed by atoms with Crippen molar-refractivity contribution in [1.29, 1.82) is 0 Å². The number of para-hydroxylation sites is 1. The molecule has 1 heterocycles. The van der Waals surface area contributed by atoms with Gasteiger partial charge >= 0.3 is 0 Å². The van der Waals surface area contributed by atoms with Crippen molar-refractivity contribution in [2.24, 2.45) is 0 Å². The maximum atomic E-state index is 6.18. The fraction of sp³-hybridized carbons (Fsp3) is 0.263. The number of ether oxygens (including phenoxy) is 2. The second-order valence-corrected chi connectivity index (χ2v) is 5.85. The third-order valence-corrected chi connectivity index (χ3v) is 3.92. The van der Waals surface area contributed by atoms with E-state index in [1.165, 1.54) is 0 Å². The second-order valence-electron chi connectivity index (χ2n) is 5.85. The minimum Gasteiger partial charge on any atom is -0.497 e. The molecule has 4 nitrogen and oxygen atoms in total. The Hall–Kier alpha value is -2.62. The Labute approximate surface area is 136 Å². The summed E-state index contributed by atoms with van der Waals surface area (Å²) in [5.74, 6) is 1.58. The molecule has 0 aliphatic carbocycles. The lowest BCUT2D eigenvalue weighted by Crippen LogP contribution is -2.09. The van der Waals surface area contributed by atoms with E-state index in [-0.39, 0.29) is 0 Å². The van der Waals surface area contributed by atoms with Gasteiger partial charge in [0.1, 0.15) is 18.1 Å². The van der Waals surface area contributed by atoms with Crippen LogP contribution >= 0.6 is 0 Å². The number of hydrogen-bond acceptors (Lipinski definition) is 3. The molecule has 0 bridgehead atoms. The van der Waals surface area contributed by atoms with Crippen molar-refractivity contribution in [2.45, 2.75) is 26.5 Å². The smallest absolute Gasteiger partial charge is 0.128 e. The monoisotopic (exact) mass is 310 g/mol. The number of nitrogen functional groups attached to an aromatic ring is 1. The molecule has 2 aromatic carbocycles. The number of fused-ring (bicyclic) bond motifs is 1. The van der Waals surface area contributed by atoms with Gasteiger partial charge in [0, 0.05) is 17.5 Å². The van der Waals surface area contributed by atoms with Crippen LogP contribution in [0, 0.1) is 0 Å². The zero-order valence-electron chi connectivity index (χ0n) is 13.7. The Morgan fingerprint density at radius 3 is 2.52 bits per heavy atom. The highest BCUT2D eigenvalue weighted by Crippen LogP contribution is 2.29. The number of aromatic nitrogens is 1. The molecule has 0 unspecified atom stereocenters. The molecule has 0 atom stereocenters. The SMILES string of the molecule is COc1cccc(OCc2cc3cccc(N)c3n2C(C)C)c1. The van der Waals surface area contributed by atoms with Crippen molar-refractivity contribution in [3.63, 3.8) is 0 Å². The first-order valence-corrected chi connectivity index (χ1v) is 7.75. The minimum absolute atomic E-state index is 0.307. The first-order valence-electron chi connectivity index (χ1n) is 7.75. The van der Waals surface area contributed by atoms with Crippen LogP contribution in [0.15, 0.2) is 48.5 Å². The predicted molar refractivity (Wildman–Crippen MR) is 94.1 cm³/mol. The van der Waals surface area contributed by atoms with Gasteiger partial charge in [0.25, 0.3) is 0 Å². The standard InChI is InChI=1S/C19H22N2O2/c1-13(2)21-15(10-14-6-4-9-18(20)19(14)21)12-23-17-8-5-7-16(11-17)22-3/h4-11,13H,12,20H2,1-3H3. The average Bonchev–Trinajstić information content (AvgIpc) is 2.93. The molecular formula is C19H22N2O2. The van der Waals surface area contributed by atoms with Gasteiger partial charge in [-0.05, 0) is 38.1 Å². The maximum absolute atomic E-state index is 6.18. The van der Waals surface area contributed by atoms with Gasteiger partial charge in [-0.25, -0.2) is 0 Å². The quantitative estimate of drug-likeness (QED) is 0.711. The molecule has 0 saturated heterocycles. The molecule has 4 heteroatoms. The Balaban J connectivity index is 1.93. The number of anilines is 1. The van der Waals surface area contributed by atoms with E-state index in [0.717, 1.165) is 33.8 Å². The minimum atomic E-state index is 0.307. The van der Waals surface area contributed by atoms with Crippen molar-refractivity contribution >= 4 is 16.6 Å². The van der Waals surface area contributed by atoms with E-state index in [1.54, 1.807) is 7.11 Å². The molecule has 0 aliphatic heterocycles. The second kappa shape index (κ2) is 6.24. The van der Waals surface area contributed by atoms with Crippen molar-refractivity contribution in [3.05, 3.63) is 54.2 Å². The van der Waals surface area contributed by atoms with E-state index in [4.69, 9.17) is 15.2 Å². The molecule has 0 fully saturated rings. The lowest BCUT2D eigenvalue weighted by atomic mass is 10.2. The van der Waals surface area contributed by atoms with Crippen LogP contribution in [0.3, 0.4) is 0 Å². The molecule has 0 spiro atoms. The predicted octanol–water partition coefficient (Wildman–Crippen LogP) is 4.39. The topological polar surface area (TPSA) is 49.4 Å². The Kier molecular flexibility index (Phi) is 4.15. The zero-order chi connectivity index (χ0) is 16.4. The summed E-state index contributed by atoms with van der Waals surface area (Å²) in [6.45, 7) is 4.79.